The van der Waals surface area contributed by atoms with Crippen molar-refractivity contribution >= 4 is 57.2 Å². The Kier molecular flexibility index (Phi) is 7.87. The molecule has 3 aromatic rings. The molecule has 0 radical (unpaired) electrons. The fourth-order valence-corrected chi connectivity index (χ4v) is 6.98. The van der Waals surface area contributed by atoms with Gasteiger partial charge in [0.25, 0.3) is 0 Å². The van der Waals surface area contributed by atoms with Crippen LogP contribution in [-0.4, -0.2) is 27.6 Å². The van der Waals surface area contributed by atoms with Gasteiger partial charge in [0.05, 0.1) is 34.9 Å². The summed E-state index contributed by atoms with van der Waals surface area (Å²) in [6, 6.07) is 18.0. The lowest BCUT2D eigenvalue weighted by atomic mass is 9.68. The molecule has 206 valence electrons. The summed E-state index contributed by atoms with van der Waals surface area (Å²) in [6.45, 7) is 4.04. The summed E-state index contributed by atoms with van der Waals surface area (Å²) in [4.78, 5) is 27.8. The Morgan fingerprint density at radius 2 is 1.90 bits per heavy atom. The number of thioether (sulfide) groups is 1. The minimum atomic E-state index is -0.684. The van der Waals surface area contributed by atoms with Crippen LogP contribution in [0.25, 0.3) is 0 Å². The summed E-state index contributed by atoms with van der Waals surface area (Å²) in [7, 11) is 0. The highest BCUT2D eigenvalue weighted by molar-refractivity contribution is 8.01. The zero-order valence-corrected chi connectivity index (χ0v) is 24.5. The van der Waals surface area contributed by atoms with Gasteiger partial charge in [-0.2, -0.15) is 10.5 Å². The van der Waals surface area contributed by atoms with E-state index < -0.39 is 5.92 Å². The number of anilines is 2. The van der Waals surface area contributed by atoms with Gasteiger partial charge in [-0.3, -0.25) is 14.5 Å². The van der Waals surface area contributed by atoms with Crippen LogP contribution >= 0.6 is 34.7 Å². The highest BCUT2D eigenvalue weighted by Gasteiger charge is 2.45. The van der Waals surface area contributed by atoms with Gasteiger partial charge < -0.3 is 11.1 Å². The Morgan fingerprint density at radius 1 is 1.17 bits per heavy atom. The van der Waals surface area contributed by atoms with Gasteiger partial charge in [0.15, 0.2) is 10.1 Å². The lowest BCUT2D eigenvalue weighted by Crippen LogP contribution is -2.42. The monoisotopic (exact) mass is 601 g/mol. The fraction of sp³-hybridized carbons (Fsp3) is 0.241. The van der Waals surface area contributed by atoms with Gasteiger partial charge in [-0.25, -0.2) is 0 Å². The van der Waals surface area contributed by atoms with Crippen LogP contribution in [0.4, 0.5) is 10.8 Å². The highest BCUT2D eigenvalue weighted by Crippen LogP contribution is 2.51. The molecule has 1 atom stereocenters. The lowest BCUT2D eigenvalue weighted by Gasteiger charge is -2.42. The second kappa shape index (κ2) is 11.4. The minimum absolute atomic E-state index is 0.0648. The van der Waals surface area contributed by atoms with E-state index in [1.165, 1.54) is 23.1 Å². The van der Waals surface area contributed by atoms with Crippen LogP contribution in [0.2, 0.25) is 5.02 Å². The SMILES string of the molecule is CC1(C)CC(=O)C2=C(C1)N(c1nnc(SCC(=O)Nc3ccc(C#N)cc3)s1)C(N)=C(C#N)C2c1ccccc1Cl. The molecule has 0 fully saturated rings. The van der Waals surface area contributed by atoms with Crippen LogP contribution in [0.15, 0.2) is 75.5 Å². The average Bonchev–Trinajstić information content (AvgIpc) is 3.40. The van der Waals surface area contributed by atoms with Crippen LogP contribution in [0.1, 0.15) is 43.7 Å². The van der Waals surface area contributed by atoms with E-state index in [0.29, 0.717) is 55.4 Å². The molecule has 1 aromatic heterocycles. The van der Waals surface area contributed by atoms with Crippen LogP contribution in [0, 0.1) is 28.1 Å². The maximum atomic E-state index is 13.7. The summed E-state index contributed by atoms with van der Waals surface area (Å²) in [5.74, 6) is -0.737. The maximum Gasteiger partial charge on any atom is 0.234 e. The van der Waals surface area contributed by atoms with Crippen molar-refractivity contribution in [2.75, 3.05) is 16.0 Å². The third-order valence-electron chi connectivity index (χ3n) is 6.81. The smallest absolute Gasteiger partial charge is 0.234 e. The number of rotatable bonds is 6. The molecule has 0 saturated heterocycles. The average molecular weight is 602 g/mol. The normalized spacial score (nSPS) is 18.0. The Morgan fingerprint density at radius 3 is 2.59 bits per heavy atom. The molecular formula is C29H24ClN7O2S2. The van der Waals surface area contributed by atoms with Gasteiger partial charge in [0.2, 0.25) is 11.0 Å². The van der Waals surface area contributed by atoms with Gasteiger partial charge in [0, 0.05) is 28.4 Å². The molecule has 1 aliphatic heterocycles. The molecule has 1 amide bonds. The molecule has 0 spiro atoms. The van der Waals surface area contributed by atoms with Crippen molar-refractivity contribution in [2.45, 2.75) is 36.9 Å². The molecule has 0 saturated carbocycles. The zero-order valence-electron chi connectivity index (χ0n) is 22.1. The van der Waals surface area contributed by atoms with Crippen molar-refractivity contribution in [1.29, 1.82) is 10.5 Å². The Bertz CT molecular complexity index is 1700. The largest absolute Gasteiger partial charge is 0.384 e. The number of nitrogens with two attached hydrogens (primary N) is 1. The lowest BCUT2D eigenvalue weighted by molar-refractivity contribution is -0.118. The van der Waals surface area contributed by atoms with Crippen LogP contribution in [0.5, 0.6) is 0 Å². The number of carbonyl (C=O) groups excluding carboxylic acids is 2. The third kappa shape index (κ3) is 5.70. The number of carbonyl (C=O) groups is 2. The first-order valence-corrected chi connectivity index (χ1v) is 14.8. The predicted octanol–water partition coefficient (Wildman–Crippen LogP) is 5.73. The van der Waals surface area contributed by atoms with E-state index >= 15 is 0 Å². The number of nitriles is 2. The van der Waals surface area contributed by atoms with E-state index in [2.05, 4.69) is 21.6 Å². The van der Waals surface area contributed by atoms with Crippen molar-refractivity contribution in [2.24, 2.45) is 11.1 Å². The van der Waals surface area contributed by atoms with Gasteiger partial charge in [0.1, 0.15) is 5.82 Å². The maximum absolute atomic E-state index is 13.7. The Hall–Kier alpha value is -4.16. The molecule has 2 aliphatic rings. The second-order valence-corrected chi connectivity index (χ2v) is 13.0. The number of halogens is 1. The van der Waals surface area contributed by atoms with E-state index in [0.717, 1.165) is 0 Å². The fourth-order valence-electron chi connectivity index (χ4n) is 5.05. The van der Waals surface area contributed by atoms with Crippen LogP contribution < -0.4 is 16.0 Å². The number of hydrogen-bond acceptors (Lipinski definition) is 10. The molecule has 5 rings (SSSR count). The highest BCUT2D eigenvalue weighted by atomic mass is 35.5. The van der Waals surface area contributed by atoms with Crippen molar-refractivity contribution in [1.82, 2.24) is 10.2 Å². The number of Topliss-reactive ketones (excluding diaryl/α,β-unsaturated/α-hetero) is 1. The molecule has 2 aromatic carbocycles. The summed E-state index contributed by atoms with van der Waals surface area (Å²) >= 11 is 8.99. The topological polar surface area (TPSA) is 149 Å². The van der Waals surface area contributed by atoms with E-state index in [1.807, 2.05) is 32.0 Å². The number of hydrogen-bond donors (Lipinski definition) is 2. The Balaban J connectivity index is 1.45. The number of benzene rings is 2. The van der Waals surface area contributed by atoms with Crippen molar-refractivity contribution in [3.8, 4) is 12.1 Å². The molecule has 41 heavy (non-hydrogen) atoms. The van der Waals surface area contributed by atoms with Crippen LogP contribution in [-0.2, 0) is 9.59 Å². The molecule has 1 unspecified atom stereocenters. The number of ketones is 1. The summed E-state index contributed by atoms with van der Waals surface area (Å²) < 4.78 is 0.526. The molecule has 2 heterocycles. The number of amides is 1. The first-order valence-electron chi connectivity index (χ1n) is 12.6. The number of aromatic nitrogens is 2. The predicted molar refractivity (Wildman–Crippen MR) is 159 cm³/mol. The minimum Gasteiger partial charge on any atom is -0.384 e. The van der Waals surface area contributed by atoms with Crippen molar-refractivity contribution in [3.63, 3.8) is 0 Å². The van der Waals surface area contributed by atoms with Crippen LogP contribution in [0.3, 0.4) is 0 Å². The quantitative estimate of drug-likeness (QED) is 0.337. The number of allylic oxidation sites excluding steroid dienone is 3. The first kappa shape index (κ1) is 28.4. The third-order valence-corrected chi connectivity index (χ3v) is 9.19. The van der Waals surface area contributed by atoms with E-state index in [-0.39, 0.29) is 34.3 Å². The molecule has 12 heteroatoms. The van der Waals surface area contributed by atoms with Crippen molar-refractivity contribution in [3.05, 3.63) is 87.3 Å². The summed E-state index contributed by atoms with van der Waals surface area (Å²) in [5, 5.41) is 31.4. The summed E-state index contributed by atoms with van der Waals surface area (Å²) in [5.41, 5.74) is 9.46. The van der Waals surface area contributed by atoms with Gasteiger partial charge in [-0.05, 0) is 47.7 Å². The van der Waals surface area contributed by atoms with Crippen molar-refractivity contribution < 1.29 is 9.59 Å². The van der Waals surface area contributed by atoms with Gasteiger partial charge in [-0.1, -0.05) is 66.7 Å². The molecular weight excluding hydrogens is 578 g/mol. The van der Waals surface area contributed by atoms with Gasteiger partial charge in [-0.15, -0.1) is 10.2 Å². The van der Waals surface area contributed by atoms with E-state index in [4.69, 9.17) is 22.6 Å². The standard InChI is InChI=1S/C29H24ClN7O2S2/c1-29(2)11-21-25(22(38)12-29)24(18-5-3-4-6-20(18)30)19(14-32)26(33)37(21)27-35-36-28(41-27)40-15-23(39)34-17-9-7-16(13-31)8-10-17/h3-10,24H,11-12,15,33H2,1-2H3,(H,34,39). The summed E-state index contributed by atoms with van der Waals surface area (Å²) in [6.07, 6.45) is 0.855. The number of nitrogens with zero attached hydrogens (tertiary/aromatic N) is 5. The van der Waals surface area contributed by atoms with E-state index in [9.17, 15) is 14.9 Å². The first-order chi connectivity index (χ1) is 19.6. The van der Waals surface area contributed by atoms with E-state index in [1.54, 1.807) is 41.3 Å². The Labute approximate surface area is 250 Å². The number of nitrogens with one attached hydrogen (secondary N) is 1. The molecule has 1 aliphatic carbocycles. The molecule has 9 nitrogen and oxygen atoms in total. The van der Waals surface area contributed by atoms with Gasteiger partial charge >= 0.3 is 0 Å². The second-order valence-electron chi connectivity index (χ2n) is 10.4. The molecule has 0 bridgehead atoms. The zero-order chi connectivity index (χ0) is 29.3. The molecule has 3 N–H and O–H groups in total.